The lowest BCUT2D eigenvalue weighted by Crippen LogP contribution is -2.59. The number of H-pyrrole nitrogens is 1. The van der Waals surface area contributed by atoms with Gasteiger partial charge in [-0.25, -0.2) is 14.8 Å². The van der Waals surface area contributed by atoms with Gasteiger partial charge in [0.05, 0.1) is 18.0 Å². The van der Waals surface area contributed by atoms with E-state index in [0.29, 0.717) is 41.8 Å². The molecule has 3 heterocycles. The number of anilines is 1. The molecule has 3 N–H and O–H groups in total. The van der Waals surface area contributed by atoms with Gasteiger partial charge in [-0.2, -0.15) is 0 Å². The first kappa shape index (κ1) is 23.5. The van der Waals surface area contributed by atoms with Gasteiger partial charge in [-0.15, -0.1) is 0 Å². The van der Waals surface area contributed by atoms with Crippen LogP contribution in [0, 0.1) is 6.92 Å². The summed E-state index contributed by atoms with van der Waals surface area (Å²) in [6.07, 6.45) is 1.41. The fourth-order valence-corrected chi connectivity index (χ4v) is 4.90. The van der Waals surface area contributed by atoms with Gasteiger partial charge < -0.3 is 25.3 Å². The van der Waals surface area contributed by atoms with Crippen molar-refractivity contribution in [2.45, 2.75) is 52.6 Å². The Balaban J connectivity index is 1.69. The maximum absolute atomic E-state index is 12.7. The predicted molar refractivity (Wildman–Crippen MR) is 121 cm³/mol. The molecule has 3 rings (SSSR count). The molecule has 0 spiro atoms. The van der Waals surface area contributed by atoms with E-state index in [2.05, 4.69) is 30.5 Å². The zero-order valence-corrected chi connectivity index (χ0v) is 19.8. The van der Waals surface area contributed by atoms with Crippen LogP contribution in [0.25, 0.3) is 0 Å². The van der Waals surface area contributed by atoms with Crippen LogP contribution in [0.3, 0.4) is 0 Å². The number of esters is 1. The van der Waals surface area contributed by atoms with Crippen molar-refractivity contribution >= 4 is 39.9 Å². The number of carbonyl (C=O) groups excluding carboxylic acids is 2. The van der Waals surface area contributed by atoms with Gasteiger partial charge in [0.1, 0.15) is 4.88 Å². The van der Waals surface area contributed by atoms with Gasteiger partial charge in [0, 0.05) is 25.2 Å². The van der Waals surface area contributed by atoms with Crippen molar-refractivity contribution in [1.29, 1.82) is 0 Å². The number of hydrogen-bond acceptors (Lipinski definition) is 8. The molecule has 2 aromatic rings. The fraction of sp³-hybridized carbons (Fsp3) is 0.600. The van der Waals surface area contributed by atoms with Crippen molar-refractivity contribution < 1.29 is 14.3 Å². The van der Waals surface area contributed by atoms with E-state index in [1.165, 1.54) is 11.3 Å². The van der Waals surface area contributed by atoms with Crippen molar-refractivity contribution in [3.63, 3.8) is 0 Å². The molecule has 11 heteroatoms. The van der Waals surface area contributed by atoms with E-state index in [1.54, 1.807) is 6.92 Å². The highest BCUT2D eigenvalue weighted by molar-refractivity contribution is 7.17. The molecule has 0 bridgehead atoms. The monoisotopic (exact) mass is 468 g/mol. The lowest BCUT2D eigenvalue weighted by molar-refractivity contribution is 0.0531. The molecular weight excluding hydrogens is 440 g/mol. The lowest BCUT2D eigenvalue weighted by atomic mass is 9.99. The summed E-state index contributed by atoms with van der Waals surface area (Å²) in [6.45, 7) is 10.1. The number of aryl methyl sites for hydroxylation is 2. The Morgan fingerprint density at radius 1 is 1.29 bits per heavy atom. The lowest BCUT2D eigenvalue weighted by Gasteiger charge is -2.39. The van der Waals surface area contributed by atoms with Crippen molar-refractivity contribution in [2.75, 3.05) is 31.1 Å². The van der Waals surface area contributed by atoms with Crippen molar-refractivity contribution in [2.24, 2.45) is 0 Å². The van der Waals surface area contributed by atoms with Crippen molar-refractivity contribution in [3.05, 3.63) is 27.2 Å². The zero-order valence-electron chi connectivity index (χ0n) is 18.2. The Morgan fingerprint density at radius 3 is 2.71 bits per heavy atom. The smallest absolute Gasteiger partial charge is 0.350 e. The summed E-state index contributed by atoms with van der Waals surface area (Å²) in [5, 5.41) is 7.67. The molecular formula is C20H29ClN6O3S. The normalized spacial score (nSPS) is 18.8. The maximum Gasteiger partial charge on any atom is 0.350 e. The Labute approximate surface area is 190 Å². The molecule has 0 aromatic carbocycles. The van der Waals surface area contributed by atoms with Crippen LogP contribution in [-0.2, 0) is 11.2 Å². The average Bonchev–Trinajstić information content (AvgIpc) is 3.32. The molecule has 170 valence electrons. The quantitative estimate of drug-likeness (QED) is 0.510. The minimum atomic E-state index is -0.335. The number of halogens is 1. The SMILES string of the molecule is CCN[C@H]1CN(c2nc(C)c(C(=O)OCC)s2)CC[C@H]1NC(=O)c1nc(Cl)c(CC)[nH]1. The molecule has 0 saturated carbocycles. The van der Waals surface area contributed by atoms with Crippen molar-refractivity contribution in [1.82, 2.24) is 25.6 Å². The maximum atomic E-state index is 12.7. The molecule has 31 heavy (non-hydrogen) atoms. The van der Waals surface area contributed by atoms with Gasteiger partial charge >= 0.3 is 5.97 Å². The summed E-state index contributed by atoms with van der Waals surface area (Å²) in [5.41, 5.74) is 1.43. The van der Waals surface area contributed by atoms with Gasteiger partial charge in [0.25, 0.3) is 5.91 Å². The highest BCUT2D eigenvalue weighted by atomic mass is 35.5. The van der Waals surface area contributed by atoms with Crippen LogP contribution in [0.4, 0.5) is 5.13 Å². The number of imidazole rings is 1. The standard InChI is InChI=1S/C20H29ClN6O3S/c1-5-12-16(21)26-17(24-12)18(28)25-13-8-9-27(10-14(13)22-6-2)20-23-11(4)15(31-20)19(29)30-7-3/h13-14,22H,5-10H2,1-4H3,(H,24,26)(H,25,28)/t13-,14+/m1/s1. The molecule has 1 saturated heterocycles. The number of carbonyl (C=O) groups is 2. The number of amides is 1. The second kappa shape index (κ2) is 10.4. The molecule has 1 fully saturated rings. The molecule has 0 aliphatic carbocycles. The van der Waals surface area contributed by atoms with Gasteiger partial charge in [0.2, 0.25) is 0 Å². The third-order valence-electron chi connectivity index (χ3n) is 5.21. The number of nitrogens with zero attached hydrogens (tertiary/aromatic N) is 3. The summed E-state index contributed by atoms with van der Waals surface area (Å²) in [6, 6.07) is -0.0442. The Morgan fingerprint density at radius 2 is 2.06 bits per heavy atom. The average molecular weight is 469 g/mol. The Bertz CT molecular complexity index is 930. The number of nitrogens with one attached hydrogen (secondary N) is 3. The van der Waals surface area contributed by atoms with E-state index in [4.69, 9.17) is 16.3 Å². The van der Waals surface area contributed by atoms with E-state index in [9.17, 15) is 9.59 Å². The first-order valence-electron chi connectivity index (χ1n) is 10.6. The number of thiazole rings is 1. The molecule has 2 atom stereocenters. The molecule has 2 aromatic heterocycles. The first-order chi connectivity index (χ1) is 14.9. The largest absolute Gasteiger partial charge is 0.462 e. The molecule has 0 unspecified atom stereocenters. The van der Waals surface area contributed by atoms with Gasteiger partial charge in [-0.05, 0) is 33.2 Å². The van der Waals surface area contributed by atoms with Crippen LogP contribution in [0.15, 0.2) is 0 Å². The topological polar surface area (TPSA) is 112 Å². The van der Waals surface area contributed by atoms with Gasteiger partial charge in [0.15, 0.2) is 16.1 Å². The van der Waals surface area contributed by atoms with Crippen LogP contribution in [0.5, 0.6) is 0 Å². The molecule has 1 aliphatic heterocycles. The molecule has 9 nitrogen and oxygen atoms in total. The highest BCUT2D eigenvalue weighted by Crippen LogP contribution is 2.29. The van der Waals surface area contributed by atoms with Crippen LogP contribution in [0.2, 0.25) is 5.15 Å². The number of aromatic amines is 1. The number of likely N-dealkylation sites (N-methyl/N-ethyl adjacent to an activating group) is 1. The number of rotatable bonds is 8. The number of ether oxygens (including phenoxy) is 1. The predicted octanol–water partition coefficient (Wildman–Crippen LogP) is 2.55. The van der Waals surface area contributed by atoms with E-state index in [-0.39, 0.29) is 29.8 Å². The van der Waals surface area contributed by atoms with Gasteiger partial charge in [-0.1, -0.05) is 36.8 Å². The summed E-state index contributed by atoms with van der Waals surface area (Å²) < 4.78 is 5.12. The van der Waals surface area contributed by atoms with Crippen LogP contribution in [0.1, 0.15) is 58.9 Å². The van der Waals surface area contributed by atoms with Crippen LogP contribution in [-0.4, -0.2) is 65.2 Å². The van der Waals surface area contributed by atoms with E-state index >= 15 is 0 Å². The van der Waals surface area contributed by atoms with Crippen LogP contribution < -0.4 is 15.5 Å². The van der Waals surface area contributed by atoms with Crippen LogP contribution >= 0.6 is 22.9 Å². The Hall–Kier alpha value is -2.17. The van der Waals surface area contributed by atoms with Crippen molar-refractivity contribution in [3.8, 4) is 0 Å². The highest BCUT2D eigenvalue weighted by Gasteiger charge is 2.32. The number of piperidine rings is 1. The second-order valence-corrected chi connectivity index (χ2v) is 8.65. The fourth-order valence-electron chi connectivity index (χ4n) is 3.64. The summed E-state index contributed by atoms with van der Waals surface area (Å²) in [7, 11) is 0. The van der Waals surface area contributed by atoms with E-state index < -0.39 is 0 Å². The third kappa shape index (κ3) is 5.36. The van der Waals surface area contributed by atoms with Gasteiger partial charge in [-0.3, -0.25) is 4.79 Å². The molecule has 1 amide bonds. The zero-order chi connectivity index (χ0) is 22.5. The molecule has 1 aliphatic rings. The van der Waals surface area contributed by atoms with E-state index in [1.807, 2.05) is 20.8 Å². The second-order valence-electron chi connectivity index (χ2n) is 7.32. The summed E-state index contributed by atoms with van der Waals surface area (Å²) in [5.74, 6) is -0.371. The first-order valence-corrected chi connectivity index (χ1v) is 11.7. The molecule has 0 radical (unpaired) electrons. The Kier molecular flexibility index (Phi) is 7.90. The summed E-state index contributed by atoms with van der Waals surface area (Å²) >= 11 is 7.42. The minimum Gasteiger partial charge on any atom is -0.462 e. The minimum absolute atomic E-state index is 0.0222. The number of aromatic nitrogens is 3. The van der Waals surface area contributed by atoms with E-state index in [0.717, 1.165) is 23.8 Å². The number of hydrogen-bond donors (Lipinski definition) is 3. The third-order valence-corrected chi connectivity index (χ3v) is 6.72. The summed E-state index contributed by atoms with van der Waals surface area (Å²) in [4.78, 5) is 39.3.